The van der Waals surface area contributed by atoms with E-state index in [1.165, 1.54) is 43.6 Å². The molecule has 3 aliphatic rings. The van der Waals surface area contributed by atoms with Gasteiger partial charge in [-0.15, -0.1) is 11.3 Å². The molecule has 8 heteroatoms. The van der Waals surface area contributed by atoms with Crippen LogP contribution in [0.2, 0.25) is 5.28 Å². The van der Waals surface area contributed by atoms with E-state index in [1.54, 1.807) is 11.3 Å². The third-order valence-electron chi connectivity index (χ3n) is 6.13. The van der Waals surface area contributed by atoms with Crippen LogP contribution in [-0.4, -0.2) is 66.8 Å². The van der Waals surface area contributed by atoms with Crippen LogP contribution in [0, 0.1) is 5.92 Å². The van der Waals surface area contributed by atoms with Gasteiger partial charge in [0.25, 0.3) is 0 Å². The number of piperidine rings is 1. The van der Waals surface area contributed by atoms with Crippen molar-refractivity contribution in [3.05, 3.63) is 16.2 Å². The smallest absolute Gasteiger partial charge is 0.224 e. The lowest BCUT2D eigenvalue weighted by Crippen LogP contribution is -2.38. The van der Waals surface area contributed by atoms with E-state index in [-0.39, 0.29) is 0 Å². The van der Waals surface area contributed by atoms with E-state index in [9.17, 15) is 0 Å². The first-order valence-corrected chi connectivity index (χ1v) is 11.7. The summed E-state index contributed by atoms with van der Waals surface area (Å²) in [7, 11) is 0. The van der Waals surface area contributed by atoms with Crippen LogP contribution in [-0.2, 0) is 11.3 Å². The Morgan fingerprint density at radius 2 is 1.89 bits per heavy atom. The monoisotopic (exact) mass is 421 g/mol. The highest BCUT2D eigenvalue weighted by atomic mass is 35.5. The number of thiophene rings is 1. The van der Waals surface area contributed by atoms with Gasteiger partial charge in [0.05, 0.1) is 23.4 Å². The molecule has 0 spiro atoms. The zero-order chi connectivity index (χ0) is 18.9. The van der Waals surface area contributed by atoms with Crippen LogP contribution >= 0.6 is 22.9 Å². The van der Waals surface area contributed by atoms with Crippen molar-refractivity contribution in [3.63, 3.8) is 0 Å². The fraction of sp³-hybridized carbons (Fsp3) is 0.700. The van der Waals surface area contributed by atoms with Crippen LogP contribution in [0.4, 0.5) is 5.82 Å². The van der Waals surface area contributed by atoms with Crippen molar-refractivity contribution in [1.29, 1.82) is 0 Å². The van der Waals surface area contributed by atoms with Crippen molar-refractivity contribution in [2.24, 2.45) is 5.92 Å². The van der Waals surface area contributed by atoms with Gasteiger partial charge in [-0.1, -0.05) is 0 Å². The molecular formula is C20H28ClN5OS. The molecule has 0 atom stereocenters. The molecule has 5 rings (SSSR count). The number of rotatable bonds is 6. The topological polar surface area (TPSA) is 53.5 Å². The van der Waals surface area contributed by atoms with E-state index >= 15 is 0 Å². The maximum Gasteiger partial charge on any atom is 0.224 e. The van der Waals surface area contributed by atoms with E-state index in [4.69, 9.17) is 16.3 Å². The minimum absolute atomic E-state index is 0.328. The molecule has 0 unspecified atom stereocenters. The molecule has 2 aromatic rings. The largest absolute Gasteiger partial charge is 0.378 e. The highest BCUT2D eigenvalue weighted by Crippen LogP contribution is 2.34. The summed E-state index contributed by atoms with van der Waals surface area (Å²) in [5.74, 6) is 1.77. The van der Waals surface area contributed by atoms with Crippen molar-refractivity contribution in [2.45, 2.75) is 38.3 Å². The van der Waals surface area contributed by atoms with Crippen molar-refractivity contribution >= 4 is 39.0 Å². The summed E-state index contributed by atoms with van der Waals surface area (Å²) < 4.78 is 6.61. The number of hydrogen-bond donors (Lipinski definition) is 1. The highest BCUT2D eigenvalue weighted by Gasteiger charge is 2.31. The van der Waals surface area contributed by atoms with Gasteiger partial charge in [-0.25, -0.2) is 4.98 Å². The lowest BCUT2D eigenvalue weighted by molar-refractivity contribution is 0.122. The van der Waals surface area contributed by atoms with E-state index in [0.29, 0.717) is 5.28 Å². The number of likely N-dealkylation sites (tertiary alicyclic amines) is 1. The third kappa shape index (κ3) is 4.28. The minimum Gasteiger partial charge on any atom is -0.378 e. The summed E-state index contributed by atoms with van der Waals surface area (Å²) in [6.07, 6.45) is 5.51. The number of morpholine rings is 1. The Hall–Kier alpha value is -0.990. The second kappa shape index (κ2) is 8.40. The minimum atomic E-state index is 0.328. The predicted octanol–water partition coefficient (Wildman–Crippen LogP) is 3.15. The van der Waals surface area contributed by atoms with Crippen LogP contribution in [0.15, 0.2) is 6.07 Å². The molecule has 3 fully saturated rings. The second-order valence-corrected chi connectivity index (χ2v) is 9.66. The number of ether oxygens (including phenoxy) is 1. The van der Waals surface area contributed by atoms with Crippen molar-refractivity contribution in [2.75, 3.05) is 50.8 Å². The number of fused-ring (bicyclic) bond motifs is 1. The molecule has 2 aliphatic heterocycles. The Labute approximate surface area is 175 Å². The Morgan fingerprint density at radius 1 is 1.11 bits per heavy atom. The molecule has 1 saturated carbocycles. The number of anilines is 1. The van der Waals surface area contributed by atoms with Crippen molar-refractivity contribution in [1.82, 2.24) is 20.2 Å². The Kier molecular flexibility index (Phi) is 5.70. The highest BCUT2D eigenvalue weighted by molar-refractivity contribution is 7.19. The number of hydrogen-bond acceptors (Lipinski definition) is 7. The Morgan fingerprint density at radius 3 is 2.64 bits per heavy atom. The lowest BCUT2D eigenvalue weighted by atomic mass is 9.96. The number of nitrogens with zero attached hydrogens (tertiary/aromatic N) is 4. The number of halogens is 1. The van der Waals surface area contributed by atoms with Crippen LogP contribution in [0.5, 0.6) is 0 Å². The molecule has 152 valence electrons. The Balaban J connectivity index is 1.20. The first kappa shape index (κ1) is 19.0. The zero-order valence-electron chi connectivity index (χ0n) is 16.2. The molecule has 28 heavy (non-hydrogen) atoms. The summed E-state index contributed by atoms with van der Waals surface area (Å²) in [5.41, 5.74) is 0.959. The van der Waals surface area contributed by atoms with Gasteiger partial charge in [0.1, 0.15) is 0 Å². The molecule has 2 aromatic heterocycles. The van der Waals surface area contributed by atoms with Crippen LogP contribution < -0.4 is 10.2 Å². The molecule has 4 heterocycles. The van der Waals surface area contributed by atoms with E-state index in [1.807, 2.05) is 0 Å². The molecule has 6 nitrogen and oxygen atoms in total. The van der Waals surface area contributed by atoms with Crippen LogP contribution in [0.1, 0.15) is 30.6 Å². The molecular weight excluding hydrogens is 394 g/mol. The van der Waals surface area contributed by atoms with Gasteiger partial charge in [0.2, 0.25) is 5.28 Å². The fourth-order valence-corrected chi connectivity index (χ4v) is 5.63. The van der Waals surface area contributed by atoms with Gasteiger partial charge < -0.3 is 19.9 Å². The predicted molar refractivity (Wildman–Crippen MR) is 114 cm³/mol. The van der Waals surface area contributed by atoms with E-state index in [2.05, 4.69) is 31.2 Å². The molecule has 0 radical (unpaired) electrons. The lowest BCUT2D eigenvalue weighted by Gasteiger charge is -2.32. The van der Waals surface area contributed by atoms with Gasteiger partial charge >= 0.3 is 0 Å². The average Bonchev–Trinajstić information content (AvgIpc) is 3.49. The van der Waals surface area contributed by atoms with Gasteiger partial charge in [0, 0.05) is 30.6 Å². The summed E-state index contributed by atoms with van der Waals surface area (Å²) in [6.45, 7) is 7.76. The zero-order valence-corrected chi connectivity index (χ0v) is 17.8. The van der Waals surface area contributed by atoms with Gasteiger partial charge in [-0.05, 0) is 68.9 Å². The Bertz CT molecular complexity index is 812. The number of nitrogens with one attached hydrogen (secondary N) is 1. The number of aromatic nitrogens is 2. The molecule has 2 saturated heterocycles. The van der Waals surface area contributed by atoms with Gasteiger partial charge in [-0.2, -0.15) is 4.98 Å². The maximum absolute atomic E-state index is 6.20. The van der Waals surface area contributed by atoms with Gasteiger partial charge in [0.15, 0.2) is 5.82 Å². The normalized spacial score (nSPS) is 22.2. The quantitative estimate of drug-likeness (QED) is 0.723. The summed E-state index contributed by atoms with van der Waals surface area (Å²) in [6, 6.07) is 3.08. The first-order chi connectivity index (χ1) is 13.8. The molecule has 0 aromatic carbocycles. The maximum atomic E-state index is 6.20. The van der Waals surface area contributed by atoms with Crippen molar-refractivity contribution < 1.29 is 4.74 Å². The molecule has 0 bridgehead atoms. The average molecular weight is 422 g/mol. The summed E-state index contributed by atoms with van der Waals surface area (Å²) in [5, 5.41) is 4.01. The third-order valence-corrected chi connectivity index (χ3v) is 7.42. The second-order valence-electron chi connectivity index (χ2n) is 8.18. The molecule has 1 N–H and O–H groups in total. The van der Waals surface area contributed by atoms with E-state index in [0.717, 1.165) is 67.4 Å². The fourth-order valence-electron chi connectivity index (χ4n) is 4.37. The van der Waals surface area contributed by atoms with Gasteiger partial charge in [-0.3, -0.25) is 0 Å². The van der Waals surface area contributed by atoms with Crippen LogP contribution in [0.3, 0.4) is 0 Å². The van der Waals surface area contributed by atoms with Crippen LogP contribution in [0.25, 0.3) is 10.2 Å². The standard InChI is InChI=1S/C20H28ClN5OS/c21-20-23-17-11-16(28-18(17)19(24-20)26-7-9-27-10-8-26)13-22-12-14-3-5-25(6-4-14)15-1-2-15/h11,14-15,22H,1-10,12-13H2. The summed E-state index contributed by atoms with van der Waals surface area (Å²) >= 11 is 7.99. The molecule has 1 aliphatic carbocycles. The summed E-state index contributed by atoms with van der Waals surface area (Å²) in [4.78, 5) is 15.2. The molecule has 0 amide bonds. The van der Waals surface area contributed by atoms with E-state index < -0.39 is 0 Å². The van der Waals surface area contributed by atoms with Crippen molar-refractivity contribution in [3.8, 4) is 0 Å². The first-order valence-electron chi connectivity index (χ1n) is 10.5. The SMILES string of the molecule is Clc1nc(N2CCOCC2)c2sc(CNCC3CCN(C4CC4)CC3)cc2n1.